The smallest absolute Gasteiger partial charge is 0.139 e. The lowest BCUT2D eigenvalue weighted by Crippen LogP contribution is -2.07. The van der Waals surface area contributed by atoms with E-state index in [9.17, 15) is 0 Å². The van der Waals surface area contributed by atoms with Crippen molar-refractivity contribution in [1.82, 2.24) is 19.9 Å². The molecule has 1 unspecified atom stereocenters. The monoisotopic (exact) mass is 440 g/mol. The second kappa shape index (κ2) is 8.00. The van der Waals surface area contributed by atoms with Crippen molar-refractivity contribution in [2.45, 2.75) is 6.04 Å². The Morgan fingerprint density at radius 2 is 1.74 bits per heavy atom. The summed E-state index contributed by atoms with van der Waals surface area (Å²) in [4.78, 5) is 15.2. The van der Waals surface area contributed by atoms with E-state index in [1.54, 1.807) is 12.3 Å². The van der Waals surface area contributed by atoms with Crippen LogP contribution in [0.15, 0.2) is 91.3 Å². The third-order valence-electron chi connectivity index (χ3n) is 6.18. The van der Waals surface area contributed by atoms with Crippen LogP contribution in [0.4, 0.5) is 0 Å². The van der Waals surface area contributed by atoms with E-state index in [1.807, 2.05) is 54.7 Å². The normalized spacial score (nSPS) is 13.7. The number of nitriles is 1. The molecule has 6 heteroatoms. The van der Waals surface area contributed by atoms with Crippen LogP contribution in [-0.4, -0.2) is 19.9 Å². The minimum Gasteiger partial charge on any atom is -0.346 e. The summed E-state index contributed by atoms with van der Waals surface area (Å²) in [5.74, 6) is 0.797. The quantitative estimate of drug-likeness (QED) is 0.305. The van der Waals surface area contributed by atoms with Gasteiger partial charge in [0.05, 0.1) is 28.7 Å². The van der Waals surface area contributed by atoms with E-state index >= 15 is 0 Å². The van der Waals surface area contributed by atoms with Gasteiger partial charge in [-0.3, -0.25) is 0 Å². The number of hydrogen-bond acceptors (Lipinski definition) is 4. The number of imidazole rings is 1. The molecule has 4 N–H and O–H groups in total. The van der Waals surface area contributed by atoms with Gasteiger partial charge in [-0.1, -0.05) is 42.5 Å². The van der Waals surface area contributed by atoms with Gasteiger partial charge < -0.3 is 15.7 Å². The SMILES string of the molecule is N#Cc1ccc2nc(-c3cccc4c3-c3ccccc3C4N)[nH]c2c1.c1cnc2[nH]ccc2c1. The highest BCUT2D eigenvalue weighted by Gasteiger charge is 2.28. The first-order valence-electron chi connectivity index (χ1n) is 11.0. The van der Waals surface area contributed by atoms with Crippen molar-refractivity contribution >= 4 is 22.1 Å². The fourth-order valence-corrected chi connectivity index (χ4v) is 4.58. The van der Waals surface area contributed by atoms with Crippen LogP contribution in [0.2, 0.25) is 0 Å². The first kappa shape index (κ1) is 19.9. The number of nitrogens with one attached hydrogen (secondary N) is 2. The second-order valence-corrected chi connectivity index (χ2v) is 8.18. The van der Waals surface area contributed by atoms with E-state index in [0.29, 0.717) is 5.56 Å². The Kier molecular flexibility index (Phi) is 4.69. The van der Waals surface area contributed by atoms with Crippen molar-refractivity contribution in [3.63, 3.8) is 0 Å². The largest absolute Gasteiger partial charge is 0.346 e. The molecule has 3 aromatic carbocycles. The molecule has 1 aliphatic carbocycles. The summed E-state index contributed by atoms with van der Waals surface area (Å²) in [6.45, 7) is 0. The minimum atomic E-state index is -0.110. The van der Waals surface area contributed by atoms with Crippen molar-refractivity contribution in [3.05, 3.63) is 108 Å². The summed E-state index contributed by atoms with van der Waals surface area (Å²) < 4.78 is 0. The third-order valence-corrected chi connectivity index (χ3v) is 6.18. The van der Waals surface area contributed by atoms with Gasteiger partial charge in [-0.2, -0.15) is 5.26 Å². The molecule has 1 atom stereocenters. The van der Waals surface area contributed by atoms with Crippen LogP contribution in [0.5, 0.6) is 0 Å². The van der Waals surface area contributed by atoms with Gasteiger partial charge in [0.25, 0.3) is 0 Å². The molecule has 0 spiro atoms. The van der Waals surface area contributed by atoms with Crippen LogP contribution in [0, 0.1) is 11.3 Å². The van der Waals surface area contributed by atoms with Gasteiger partial charge in [0.15, 0.2) is 0 Å². The highest BCUT2D eigenvalue weighted by molar-refractivity contribution is 5.91. The number of fused-ring (bicyclic) bond motifs is 5. The highest BCUT2D eigenvalue weighted by Crippen LogP contribution is 2.46. The fourth-order valence-electron chi connectivity index (χ4n) is 4.58. The summed E-state index contributed by atoms with van der Waals surface area (Å²) in [5.41, 5.74) is 15.4. The van der Waals surface area contributed by atoms with Crippen LogP contribution in [0.1, 0.15) is 22.7 Å². The van der Waals surface area contributed by atoms with E-state index in [4.69, 9.17) is 16.0 Å². The number of benzene rings is 3. The maximum absolute atomic E-state index is 9.09. The zero-order valence-electron chi connectivity index (χ0n) is 18.2. The molecule has 34 heavy (non-hydrogen) atoms. The van der Waals surface area contributed by atoms with E-state index in [2.05, 4.69) is 45.3 Å². The van der Waals surface area contributed by atoms with Crippen molar-refractivity contribution in [2.24, 2.45) is 5.73 Å². The summed E-state index contributed by atoms with van der Waals surface area (Å²) >= 11 is 0. The zero-order valence-corrected chi connectivity index (χ0v) is 18.2. The predicted octanol–water partition coefficient (Wildman–Crippen LogP) is 5.69. The van der Waals surface area contributed by atoms with Crippen LogP contribution in [0.3, 0.4) is 0 Å². The minimum absolute atomic E-state index is 0.110. The number of nitrogens with zero attached hydrogens (tertiary/aromatic N) is 3. The molecule has 3 aromatic heterocycles. The maximum Gasteiger partial charge on any atom is 0.139 e. The summed E-state index contributed by atoms with van der Waals surface area (Å²) in [6.07, 6.45) is 3.66. The molecule has 1 aliphatic rings. The molecule has 6 aromatic rings. The third kappa shape index (κ3) is 3.24. The Balaban J connectivity index is 0.000000202. The van der Waals surface area contributed by atoms with Crippen LogP contribution < -0.4 is 5.73 Å². The molecule has 0 fully saturated rings. The van der Waals surface area contributed by atoms with Gasteiger partial charge in [-0.15, -0.1) is 0 Å². The molecule has 7 rings (SSSR count). The van der Waals surface area contributed by atoms with Crippen molar-refractivity contribution in [1.29, 1.82) is 5.26 Å². The van der Waals surface area contributed by atoms with E-state index < -0.39 is 0 Å². The first-order valence-corrected chi connectivity index (χ1v) is 11.0. The molecule has 0 bridgehead atoms. The van der Waals surface area contributed by atoms with Crippen LogP contribution in [0.25, 0.3) is 44.6 Å². The molecule has 0 saturated heterocycles. The molecular weight excluding hydrogens is 420 g/mol. The zero-order chi connectivity index (χ0) is 23.1. The summed E-state index contributed by atoms with van der Waals surface area (Å²) in [5, 5.41) is 10.3. The Labute approximate surface area is 195 Å². The number of aromatic nitrogens is 4. The standard InChI is InChI=1S/C21H14N4.C7H6N2/c22-11-12-8-9-17-18(10-12)25-21(24-17)16-7-3-6-15-19(16)13-4-1-2-5-14(13)20(15)23;1-2-6-3-5-9-7(6)8-4-1/h1-10,20H,23H2,(H,24,25);1-5H,(H,8,9). The molecule has 0 amide bonds. The predicted molar refractivity (Wildman–Crippen MR) is 134 cm³/mol. The van der Waals surface area contributed by atoms with Crippen molar-refractivity contribution in [2.75, 3.05) is 0 Å². The van der Waals surface area contributed by atoms with Gasteiger partial charge in [0.1, 0.15) is 11.5 Å². The highest BCUT2D eigenvalue weighted by atomic mass is 14.9. The molecule has 162 valence electrons. The second-order valence-electron chi connectivity index (χ2n) is 8.18. The van der Waals surface area contributed by atoms with E-state index in [1.165, 1.54) is 5.56 Å². The lowest BCUT2D eigenvalue weighted by molar-refractivity contribution is 0.901. The first-order chi connectivity index (χ1) is 16.7. The van der Waals surface area contributed by atoms with Crippen molar-refractivity contribution < 1.29 is 0 Å². The molecule has 0 aliphatic heterocycles. The number of hydrogen-bond donors (Lipinski definition) is 3. The van der Waals surface area contributed by atoms with Gasteiger partial charge in [0, 0.05) is 23.3 Å². The van der Waals surface area contributed by atoms with Gasteiger partial charge >= 0.3 is 0 Å². The summed E-state index contributed by atoms with van der Waals surface area (Å²) in [7, 11) is 0. The van der Waals surface area contributed by atoms with Gasteiger partial charge in [0.2, 0.25) is 0 Å². The number of pyridine rings is 1. The lowest BCUT2D eigenvalue weighted by Gasteiger charge is -2.08. The lowest BCUT2D eigenvalue weighted by atomic mass is 9.99. The molecule has 0 radical (unpaired) electrons. The molecule has 6 nitrogen and oxygen atoms in total. The van der Waals surface area contributed by atoms with Gasteiger partial charge in [-0.05, 0) is 58.7 Å². The topological polar surface area (TPSA) is 107 Å². The Morgan fingerprint density at radius 1 is 0.882 bits per heavy atom. The van der Waals surface area contributed by atoms with Crippen LogP contribution >= 0.6 is 0 Å². The molecule has 3 heterocycles. The number of H-pyrrole nitrogens is 2. The van der Waals surface area contributed by atoms with E-state index in [0.717, 1.165) is 50.1 Å². The fraction of sp³-hybridized carbons (Fsp3) is 0.0357. The van der Waals surface area contributed by atoms with Crippen LogP contribution in [-0.2, 0) is 0 Å². The number of rotatable bonds is 1. The maximum atomic E-state index is 9.09. The molecular formula is C28H20N6. The Bertz CT molecular complexity index is 1670. The summed E-state index contributed by atoms with van der Waals surface area (Å²) in [6, 6.07) is 27.9. The molecule has 0 saturated carbocycles. The Hall–Kier alpha value is -4.73. The number of aromatic amines is 2. The average molecular weight is 441 g/mol. The average Bonchev–Trinajstić information content (AvgIpc) is 3.60. The number of nitrogens with two attached hydrogens (primary N) is 1. The van der Waals surface area contributed by atoms with E-state index in [-0.39, 0.29) is 6.04 Å². The van der Waals surface area contributed by atoms with Gasteiger partial charge in [-0.25, -0.2) is 9.97 Å². The van der Waals surface area contributed by atoms with Crippen molar-refractivity contribution in [3.8, 4) is 28.6 Å². The Morgan fingerprint density at radius 3 is 2.62 bits per heavy atom.